The van der Waals surface area contributed by atoms with Gasteiger partial charge in [0.15, 0.2) is 23.9 Å². The molecule has 1 amide bonds. The molecule has 0 bridgehead atoms. The van der Waals surface area contributed by atoms with Gasteiger partial charge in [-0.15, -0.1) is 0 Å². The first-order chi connectivity index (χ1) is 27.2. The minimum Gasteiger partial charge on any atom is -0.394 e. The Kier molecular flexibility index (Phi) is 12.4. The molecule has 2 fully saturated rings. The van der Waals surface area contributed by atoms with E-state index in [0.29, 0.717) is 41.3 Å². The van der Waals surface area contributed by atoms with Crippen LogP contribution in [0.5, 0.6) is 0 Å². The monoisotopic (exact) mass is 843 g/mol. The lowest BCUT2D eigenvalue weighted by molar-refractivity contribution is -0.0454. The number of benzene rings is 1. The number of imidazole rings is 1. The fraction of sp³-hybridized carbons (Fsp3) is 0.500. The summed E-state index contributed by atoms with van der Waals surface area (Å²) in [6, 6.07) is 10.4. The van der Waals surface area contributed by atoms with Crippen LogP contribution in [0.3, 0.4) is 0 Å². The van der Waals surface area contributed by atoms with E-state index in [9.17, 15) is 24.2 Å². The second kappa shape index (κ2) is 17.1. The van der Waals surface area contributed by atoms with Crippen molar-refractivity contribution in [2.24, 2.45) is 23.7 Å². The van der Waals surface area contributed by atoms with Crippen LogP contribution in [0.25, 0.3) is 22.2 Å². The molecule has 0 spiro atoms. The number of ether oxygens (including phenoxy) is 1. The van der Waals surface area contributed by atoms with Crippen LogP contribution < -0.4 is 16.2 Å². The predicted octanol–water partition coefficient (Wildman–Crippen LogP) is 4.72. The molecule has 0 radical (unpaired) electrons. The SMILES string of the molecule is CC(C)CNc1nc2c(ncn2[C@@H]2O[C@H](CO)[C@@H](C)[C@H]2OP(C)(=S)OC[C@H]2C[C@@H](n3ccc4c(NC(=O)c5ccccc5)ncnc43)[C@H](C)[C@@H]2O[PH](=O)O)c(=O)[nH]1. The fourth-order valence-corrected chi connectivity index (χ4v) is 10.1. The minimum absolute atomic E-state index is 0.0624. The van der Waals surface area contributed by atoms with Crippen molar-refractivity contribution in [3.63, 3.8) is 0 Å². The molecule has 1 aromatic carbocycles. The van der Waals surface area contributed by atoms with E-state index >= 15 is 0 Å². The number of anilines is 2. The molecule has 1 aliphatic carbocycles. The van der Waals surface area contributed by atoms with Crippen molar-refractivity contribution < 1.29 is 37.7 Å². The van der Waals surface area contributed by atoms with Gasteiger partial charge in [0.2, 0.25) is 5.95 Å². The molecule has 21 heteroatoms. The number of aliphatic hydroxyl groups excluding tert-OH is 1. The van der Waals surface area contributed by atoms with Gasteiger partial charge >= 0.3 is 8.25 Å². The van der Waals surface area contributed by atoms with Crippen molar-refractivity contribution in [1.29, 1.82) is 0 Å². The van der Waals surface area contributed by atoms with Gasteiger partial charge in [0.1, 0.15) is 23.9 Å². The Labute approximate surface area is 333 Å². The summed E-state index contributed by atoms with van der Waals surface area (Å²) in [5.74, 6) is -0.325. The first-order valence-corrected chi connectivity index (χ1v) is 23.0. The lowest BCUT2D eigenvalue weighted by Gasteiger charge is -2.29. The number of hydrogen-bond acceptors (Lipinski definition) is 14. The third kappa shape index (κ3) is 8.77. The highest BCUT2D eigenvalue weighted by atomic mass is 32.5. The number of rotatable bonds is 15. The summed E-state index contributed by atoms with van der Waals surface area (Å²) >= 11 is 5.97. The summed E-state index contributed by atoms with van der Waals surface area (Å²) in [4.78, 5) is 56.3. The Hall–Kier alpha value is -3.90. The van der Waals surface area contributed by atoms with Crippen LogP contribution >= 0.6 is 14.7 Å². The first kappa shape index (κ1) is 41.3. The molecule has 5 aromatic rings. The van der Waals surface area contributed by atoms with Gasteiger partial charge in [0, 0.05) is 48.8 Å². The maximum absolute atomic E-state index is 13.0. The average molecular weight is 844 g/mol. The van der Waals surface area contributed by atoms with Crippen molar-refractivity contribution in [1.82, 2.24) is 34.1 Å². The molecule has 5 heterocycles. The molecule has 1 saturated carbocycles. The molecule has 2 aliphatic rings. The fourth-order valence-electron chi connectivity index (χ4n) is 7.68. The van der Waals surface area contributed by atoms with E-state index in [1.807, 2.05) is 50.6 Å². The maximum atomic E-state index is 13.0. The zero-order valence-corrected chi connectivity index (χ0v) is 34.7. The van der Waals surface area contributed by atoms with Crippen LogP contribution in [0.2, 0.25) is 0 Å². The van der Waals surface area contributed by atoms with Gasteiger partial charge in [-0.3, -0.25) is 23.7 Å². The molecular formula is C36H47N9O9P2S. The Bertz CT molecular complexity index is 2360. The van der Waals surface area contributed by atoms with E-state index in [4.69, 9.17) is 30.1 Å². The molecule has 306 valence electrons. The molecule has 7 rings (SSSR count). The molecular weight excluding hydrogens is 796 g/mol. The topological polar surface area (TPSA) is 230 Å². The summed E-state index contributed by atoms with van der Waals surface area (Å²) in [5.41, 5.74) is 1.05. The maximum Gasteiger partial charge on any atom is 0.316 e. The zero-order chi connectivity index (χ0) is 40.6. The molecule has 4 aromatic heterocycles. The highest BCUT2D eigenvalue weighted by Gasteiger charge is 2.48. The van der Waals surface area contributed by atoms with E-state index in [1.165, 1.54) is 12.7 Å². The lowest BCUT2D eigenvalue weighted by Crippen LogP contribution is -2.29. The third-order valence-electron chi connectivity index (χ3n) is 10.6. The standard InChI is InChI=1S/C36H47N9O9P2S/c1-19(2)14-37-36-42-32-27(34(48)43-36)40-18-45(32)35-29(21(4)26(15-46)52-35)54-56(5,57)51-16-23-13-25(20(3)28(23)53-55(49)50)44-12-11-24-30(38-17-39-31(24)44)41-33(47)22-9-7-6-8-10-22/h6-12,17-21,23,25-26,28-29,35,46,55H,13-16H2,1-5H3,(H,49,50)(H2,37,42,43,48)(H,38,39,41,47)/t20-,21+,23+,25+,26+,28-,29+,35+,56?/m0/s1. The molecule has 5 N–H and O–H groups in total. The number of aliphatic hydroxyl groups is 1. The van der Waals surface area contributed by atoms with Gasteiger partial charge in [-0.05, 0) is 42.3 Å². The van der Waals surface area contributed by atoms with Crippen LogP contribution in [-0.4, -0.2) is 94.7 Å². The number of nitrogens with zero attached hydrogens (tertiary/aromatic N) is 6. The van der Waals surface area contributed by atoms with Crippen molar-refractivity contribution in [3.05, 3.63) is 71.2 Å². The summed E-state index contributed by atoms with van der Waals surface area (Å²) in [6.07, 6.45) is 2.34. The van der Waals surface area contributed by atoms with E-state index in [0.717, 1.165) is 0 Å². The smallest absolute Gasteiger partial charge is 0.316 e. The van der Waals surface area contributed by atoms with Gasteiger partial charge in [0.25, 0.3) is 11.5 Å². The predicted molar refractivity (Wildman–Crippen MR) is 217 cm³/mol. The number of carbonyl (C=O) groups is 1. The van der Waals surface area contributed by atoms with Crippen LogP contribution in [0, 0.1) is 23.7 Å². The number of aromatic amines is 1. The van der Waals surface area contributed by atoms with Gasteiger partial charge in [-0.1, -0.05) is 45.9 Å². The van der Waals surface area contributed by atoms with Gasteiger partial charge in [0.05, 0.1) is 37.1 Å². The quantitative estimate of drug-likeness (QED) is 0.0899. The zero-order valence-electron chi connectivity index (χ0n) is 32.0. The van der Waals surface area contributed by atoms with Crippen LogP contribution in [-0.2, 0) is 34.7 Å². The number of hydrogen-bond donors (Lipinski definition) is 5. The first-order valence-electron chi connectivity index (χ1n) is 18.7. The second-order valence-corrected chi connectivity index (χ2v) is 19.8. The second-order valence-electron chi connectivity index (χ2n) is 15.0. The molecule has 1 saturated heterocycles. The summed E-state index contributed by atoms with van der Waals surface area (Å²) in [5, 5.41) is 16.9. The highest BCUT2D eigenvalue weighted by Crippen LogP contribution is 2.54. The van der Waals surface area contributed by atoms with E-state index in [-0.39, 0.29) is 60.0 Å². The molecule has 10 atom stereocenters. The normalized spacial score (nSPS) is 26.6. The lowest BCUT2D eigenvalue weighted by atomic mass is 10.0. The third-order valence-corrected chi connectivity index (χ3v) is 12.9. The molecule has 57 heavy (non-hydrogen) atoms. The Balaban J connectivity index is 1.09. The summed E-state index contributed by atoms with van der Waals surface area (Å²) in [7, 11) is -3.33. The van der Waals surface area contributed by atoms with Crippen LogP contribution in [0.4, 0.5) is 11.8 Å². The number of nitrogens with one attached hydrogen (secondary N) is 3. The Morgan fingerprint density at radius 2 is 1.89 bits per heavy atom. The van der Waals surface area contributed by atoms with Crippen molar-refractivity contribution in [3.8, 4) is 0 Å². The van der Waals surface area contributed by atoms with Crippen molar-refractivity contribution >= 4 is 66.4 Å². The number of H-pyrrole nitrogens is 1. The highest BCUT2D eigenvalue weighted by molar-refractivity contribution is 8.09. The van der Waals surface area contributed by atoms with Crippen LogP contribution in [0.15, 0.2) is 60.0 Å². The van der Waals surface area contributed by atoms with Gasteiger partial charge < -0.3 is 43.5 Å². The average Bonchev–Trinajstić information content (AvgIpc) is 3.95. The van der Waals surface area contributed by atoms with E-state index in [1.54, 1.807) is 35.5 Å². The Morgan fingerprint density at radius 1 is 1.12 bits per heavy atom. The minimum atomic E-state index is -3.33. The van der Waals surface area contributed by atoms with Crippen LogP contribution in [0.1, 0.15) is 56.7 Å². The largest absolute Gasteiger partial charge is 0.394 e. The van der Waals surface area contributed by atoms with Crippen molar-refractivity contribution in [2.75, 3.05) is 37.1 Å². The van der Waals surface area contributed by atoms with Crippen molar-refractivity contribution in [2.45, 2.75) is 64.7 Å². The van der Waals surface area contributed by atoms with Gasteiger partial charge in [-0.25, -0.2) is 15.0 Å². The number of amides is 1. The Morgan fingerprint density at radius 3 is 2.61 bits per heavy atom. The van der Waals surface area contributed by atoms with E-state index < -0.39 is 44.8 Å². The molecule has 1 aliphatic heterocycles. The summed E-state index contributed by atoms with van der Waals surface area (Å²) < 4.78 is 40.7. The number of aromatic nitrogens is 7. The molecule has 18 nitrogen and oxygen atoms in total. The number of carbonyl (C=O) groups excluding carboxylic acids is 1. The van der Waals surface area contributed by atoms with Gasteiger partial charge in [-0.2, -0.15) is 4.98 Å². The summed E-state index contributed by atoms with van der Waals surface area (Å²) in [6.45, 7) is 6.89. The number of fused-ring (bicyclic) bond motifs is 2. The van der Waals surface area contributed by atoms with E-state index in [2.05, 4.69) is 35.6 Å². The molecule has 2 unspecified atom stereocenters.